The lowest BCUT2D eigenvalue weighted by atomic mass is 9.96. The molecule has 2 aromatic rings. The lowest BCUT2D eigenvalue weighted by molar-refractivity contribution is -0.139. The van der Waals surface area contributed by atoms with Crippen LogP contribution in [0, 0.1) is 5.92 Å². The quantitative estimate of drug-likeness (QED) is 0.483. The molecule has 0 aliphatic carbocycles. The molecule has 2 heterocycles. The molecule has 1 saturated heterocycles. The predicted molar refractivity (Wildman–Crippen MR) is 139 cm³/mol. The minimum absolute atomic E-state index is 0.00749. The van der Waals surface area contributed by atoms with Gasteiger partial charge in [0.1, 0.15) is 13.2 Å². The Hall–Kier alpha value is -3.19. The molecule has 0 unspecified atom stereocenters. The first kappa shape index (κ1) is 28.8. The first-order valence-electron chi connectivity index (χ1n) is 12.3. The van der Waals surface area contributed by atoms with Crippen molar-refractivity contribution in [3.63, 3.8) is 0 Å². The number of hydrogen-bond acceptors (Lipinski definition) is 7. The Morgan fingerprint density at radius 3 is 2.44 bits per heavy atom. The summed E-state index contributed by atoms with van der Waals surface area (Å²) in [6.45, 7) is 2.66. The van der Waals surface area contributed by atoms with E-state index in [4.69, 9.17) is 9.47 Å². The van der Waals surface area contributed by atoms with Crippen LogP contribution in [-0.4, -0.2) is 57.2 Å². The van der Waals surface area contributed by atoms with Crippen molar-refractivity contribution in [1.29, 1.82) is 0 Å². The van der Waals surface area contributed by atoms with Crippen molar-refractivity contribution in [2.45, 2.75) is 35.7 Å². The van der Waals surface area contributed by atoms with E-state index >= 15 is 0 Å². The van der Waals surface area contributed by atoms with Gasteiger partial charge in [0.05, 0.1) is 11.3 Å². The number of rotatable bonds is 7. The molecule has 2 amide bonds. The first-order valence-corrected chi connectivity index (χ1v) is 14.7. The van der Waals surface area contributed by atoms with E-state index in [2.05, 4.69) is 0 Å². The second-order valence-electron chi connectivity index (χ2n) is 8.96. The van der Waals surface area contributed by atoms with Gasteiger partial charge >= 0.3 is 6.18 Å². The van der Waals surface area contributed by atoms with E-state index in [1.807, 2.05) is 4.72 Å². The molecule has 0 bridgehead atoms. The van der Waals surface area contributed by atoms with Crippen LogP contribution < -0.4 is 14.2 Å². The average molecular weight is 585 g/mol. The summed E-state index contributed by atoms with van der Waals surface area (Å²) in [5.41, 5.74) is -0.618. The fraction of sp³-hybridized carbons (Fsp3) is 0.385. The topological polar surface area (TPSA) is 102 Å². The van der Waals surface area contributed by atoms with Crippen LogP contribution >= 0.6 is 11.8 Å². The number of likely N-dealkylation sites (tertiary alicyclic amines) is 1. The highest BCUT2D eigenvalue weighted by molar-refractivity contribution is 7.99. The number of piperidine rings is 1. The Morgan fingerprint density at radius 2 is 1.77 bits per heavy atom. The van der Waals surface area contributed by atoms with Gasteiger partial charge in [-0.2, -0.15) is 13.2 Å². The van der Waals surface area contributed by atoms with Gasteiger partial charge in [0.25, 0.3) is 0 Å². The highest BCUT2D eigenvalue weighted by Crippen LogP contribution is 2.42. The Labute approximate surface area is 228 Å². The number of benzene rings is 2. The third kappa shape index (κ3) is 7.47. The molecule has 13 heteroatoms. The molecule has 1 N–H and O–H groups in total. The molecule has 0 saturated carbocycles. The second kappa shape index (κ2) is 11.9. The molecular weight excluding hydrogens is 557 g/mol. The Kier molecular flexibility index (Phi) is 8.80. The Balaban J connectivity index is 1.41. The summed E-state index contributed by atoms with van der Waals surface area (Å²) in [5, 5.41) is 0. The van der Waals surface area contributed by atoms with Crippen LogP contribution in [-0.2, 0) is 25.8 Å². The SMILES string of the molecule is CCS(=O)(=O)NC(=O)C1CCN(C(=O)/C=C/c2ccc(Sc3ccc4c(c3)OCCO4)c(C(F)(F)F)c2)CC1. The summed E-state index contributed by atoms with van der Waals surface area (Å²) < 4.78 is 77.9. The summed E-state index contributed by atoms with van der Waals surface area (Å²) in [7, 11) is -3.66. The fourth-order valence-electron chi connectivity index (χ4n) is 4.12. The van der Waals surface area contributed by atoms with Gasteiger partial charge in [-0.25, -0.2) is 8.42 Å². The molecule has 0 spiro atoms. The van der Waals surface area contributed by atoms with Crippen molar-refractivity contribution in [3.05, 3.63) is 53.6 Å². The number of carbonyl (C=O) groups excluding carboxylic acids is 2. The monoisotopic (exact) mass is 584 g/mol. The van der Waals surface area contributed by atoms with Crippen LogP contribution in [0.25, 0.3) is 6.08 Å². The van der Waals surface area contributed by atoms with E-state index < -0.39 is 39.5 Å². The van der Waals surface area contributed by atoms with Gasteiger partial charge in [-0.3, -0.25) is 14.3 Å². The van der Waals surface area contributed by atoms with Crippen molar-refractivity contribution < 1.29 is 40.7 Å². The van der Waals surface area contributed by atoms with Crippen molar-refractivity contribution in [2.24, 2.45) is 5.92 Å². The van der Waals surface area contributed by atoms with Crippen LogP contribution in [0.4, 0.5) is 13.2 Å². The zero-order valence-corrected chi connectivity index (χ0v) is 22.6. The van der Waals surface area contributed by atoms with Crippen molar-refractivity contribution >= 4 is 39.7 Å². The molecule has 210 valence electrons. The third-order valence-corrected chi connectivity index (χ3v) is 8.62. The van der Waals surface area contributed by atoms with Crippen LogP contribution in [0.3, 0.4) is 0 Å². The number of halogens is 3. The molecule has 1 fully saturated rings. The molecule has 39 heavy (non-hydrogen) atoms. The van der Waals surface area contributed by atoms with Crippen molar-refractivity contribution in [2.75, 3.05) is 32.1 Å². The third-order valence-electron chi connectivity index (χ3n) is 6.28. The van der Waals surface area contributed by atoms with Crippen molar-refractivity contribution in [3.8, 4) is 11.5 Å². The van der Waals surface area contributed by atoms with Crippen LogP contribution in [0.1, 0.15) is 30.9 Å². The first-order chi connectivity index (χ1) is 18.4. The van der Waals surface area contributed by atoms with Crippen LogP contribution in [0.2, 0.25) is 0 Å². The van der Waals surface area contributed by atoms with Gasteiger partial charge < -0.3 is 14.4 Å². The van der Waals surface area contributed by atoms with Gasteiger partial charge in [-0.15, -0.1) is 0 Å². The number of amides is 2. The number of nitrogens with one attached hydrogen (secondary N) is 1. The maximum absolute atomic E-state index is 13.9. The molecule has 2 aromatic carbocycles. The normalized spacial score (nSPS) is 16.4. The largest absolute Gasteiger partial charge is 0.486 e. The molecule has 4 rings (SSSR count). The van der Waals surface area contributed by atoms with E-state index in [1.54, 1.807) is 18.2 Å². The van der Waals surface area contributed by atoms with Gasteiger partial charge in [0.15, 0.2) is 11.5 Å². The van der Waals surface area contributed by atoms with E-state index in [9.17, 15) is 31.2 Å². The number of alkyl halides is 3. The number of hydrogen-bond donors (Lipinski definition) is 1. The number of ether oxygens (including phenoxy) is 2. The van der Waals surface area contributed by atoms with Gasteiger partial charge in [0.2, 0.25) is 21.8 Å². The smallest absolute Gasteiger partial charge is 0.417 e. The number of nitrogens with zero attached hydrogens (tertiary/aromatic N) is 1. The molecule has 2 aliphatic rings. The van der Waals surface area contributed by atoms with Gasteiger partial charge in [-0.05, 0) is 61.7 Å². The fourth-order valence-corrected chi connectivity index (χ4v) is 5.71. The minimum atomic E-state index is -4.61. The number of carbonyl (C=O) groups is 2. The highest BCUT2D eigenvalue weighted by atomic mass is 32.2. The minimum Gasteiger partial charge on any atom is -0.486 e. The molecule has 0 radical (unpaired) electrons. The average Bonchev–Trinajstić information content (AvgIpc) is 2.91. The lowest BCUT2D eigenvalue weighted by Gasteiger charge is -2.30. The molecule has 0 aromatic heterocycles. The summed E-state index contributed by atoms with van der Waals surface area (Å²) in [5.74, 6) is -0.716. The number of sulfonamides is 1. The van der Waals surface area contributed by atoms with E-state index in [1.165, 1.54) is 36.1 Å². The maximum Gasteiger partial charge on any atom is 0.417 e. The molecular formula is C26H27F3N2O6S2. The highest BCUT2D eigenvalue weighted by Gasteiger charge is 2.34. The number of fused-ring (bicyclic) bond motifs is 1. The molecule has 0 atom stereocenters. The summed E-state index contributed by atoms with van der Waals surface area (Å²) in [6, 6.07) is 8.83. The Bertz CT molecular complexity index is 1370. The van der Waals surface area contributed by atoms with Crippen LogP contribution in [0.5, 0.6) is 11.5 Å². The lowest BCUT2D eigenvalue weighted by Crippen LogP contribution is -2.44. The predicted octanol–water partition coefficient (Wildman–Crippen LogP) is 4.35. The van der Waals surface area contributed by atoms with Crippen LogP contribution in [0.15, 0.2) is 52.3 Å². The van der Waals surface area contributed by atoms with Gasteiger partial charge in [0, 0.05) is 34.9 Å². The standard InChI is InChI=1S/C26H27F3N2O6S2/c1-2-39(34,35)30-25(33)18-9-11-31(12-10-18)24(32)8-4-17-3-7-23(20(15-17)26(27,28)29)38-19-5-6-21-22(16-19)37-14-13-36-21/h3-8,15-16,18H,2,9-14H2,1H3,(H,30,33)/b8-4+. The van der Waals surface area contributed by atoms with Gasteiger partial charge in [-0.1, -0.05) is 17.8 Å². The summed E-state index contributed by atoms with van der Waals surface area (Å²) in [6.07, 6.45) is -1.52. The van der Waals surface area contributed by atoms with E-state index in [0.29, 0.717) is 29.6 Å². The van der Waals surface area contributed by atoms with Crippen molar-refractivity contribution in [1.82, 2.24) is 9.62 Å². The summed E-state index contributed by atoms with van der Waals surface area (Å²) >= 11 is 0.952. The zero-order chi connectivity index (χ0) is 28.2. The Morgan fingerprint density at radius 1 is 1.08 bits per heavy atom. The maximum atomic E-state index is 13.9. The van der Waals surface area contributed by atoms with E-state index in [-0.39, 0.29) is 42.1 Å². The zero-order valence-electron chi connectivity index (χ0n) is 21.0. The molecule has 2 aliphatic heterocycles. The van der Waals surface area contributed by atoms with E-state index in [0.717, 1.165) is 17.8 Å². The molecule has 8 nitrogen and oxygen atoms in total. The second-order valence-corrected chi connectivity index (χ2v) is 12.1. The summed E-state index contributed by atoms with van der Waals surface area (Å²) in [4.78, 5) is 26.8.